The van der Waals surface area contributed by atoms with Crippen LogP contribution in [-0.2, 0) is 0 Å². The van der Waals surface area contributed by atoms with Gasteiger partial charge in [-0.2, -0.15) is 5.26 Å². The molecule has 21 heavy (non-hydrogen) atoms. The molecule has 1 aliphatic rings. The first-order valence-electron chi connectivity index (χ1n) is 6.86. The third-order valence-electron chi connectivity index (χ3n) is 3.60. The first-order chi connectivity index (χ1) is 10.3. The molecular formula is C16H15N3OS. The molecule has 1 unspecified atom stereocenters. The predicted molar refractivity (Wildman–Crippen MR) is 82.8 cm³/mol. The number of hydrogen-bond acceptors (Lipinski definition) is 4. The second-order valence-electron chi connectivity index (χ2n) is 5.07. The van der Waals surface area contributed by atoms with Crippen LogP contribution in [0.1, 0.15) is 16.1 Å². The van der Waals surface area contributed by atoms with Gasteiger partial charge in [-0.05, 0) is 29.0 Å². The summed E-state index contributed by atoms with van der Waals surface area (Å²) in [6.45, 7) is 1.33. The zero-order valence-electron chi connectivity index (χ0n) is 11.5. The maximum absolute atomic E-state index is 12.2. The zero-order chi connectivity index (χ0) is 14.7. The van der Waals surface area contributed by atoms with Crippen LogP contribution >= 0.6 is 11.3 Å². The Morgan fingerprint density at radius 1 is 1.33 bits per heavy atom. The van der Waals surface area contributed by atoms with Crippen molar-refractivity contribution < 1.29 is 4.79 Å². The number of rotatable bonds is 3. The Bertz CT molecular complexity index is 674. The van der Waals surface area contributed by atoms with Gasteiger partial charge in [0.1, 0.15) is 0 Å². The Morgan fingerprint density at radius 3 is 2.86 bits per heavy atom. The van der Waals surface area contributed by atoms with Gasteiger partial charge in [-0.3, -0.25) is 4.79 Å². The Hall–Kier alpha value is -2.32. The first-order valence-corrected chi connectivity index (χ1v) is 7.74. The summed E-state index contributed by atoms with van der Waals surface area (Å²) >= 11 is 1.45. The van der Waals surface area contributed by atoms with E-state index in [1.807, 2.05) is 41.8 Å². The Balaban J connectivity index is 1.67. The molecule has 1 aliphatic heterocycles. The van der Waals surface area contributed by atoms with E-state index in [0.29, 0.717) is 11.4 Å². The minimum atomic E-state index is -0.0491. The van der Waals surface area contributed by atoms with Gasteiger partial charge in [-0.25, -0.2) is 0 Å². The van der Waals surface area contributed by atoms with Crippen LogP contribution < -0.4 is 5.32 Å². The van der Waals surface area contributed by atoms with Crippen LogP contribution in [-0.4, -0.2) is 29.9 Å². The minimum Gasteiger partial charge on any atom is -0.347 e. The molecule has 1 fully saturated rings. The third kappa shape index (κ3) is 3.06. The molecule has 0 aliphatic carbocycles. The topological polar surface area (TPSA) is 56.1 Å². The maximum Gasteiger partial charge on any atom is 0.261 e. The fraction of sp³-hybridized carbons (Fsp3) is 0.250. The monoisotopic (exact) mass is 297 g/mol. The van der Waals surface area contributed by atoms with Crippen molar-refractivity contribution in [3.63, 3.8) is 0 Å². The van der Waals surface area contributed by atoms with Crippen LogP contribution in [0, 0.1) is 11.5 Å². The van der Waals surface area contributed by atoms with Crippen molar-refractivity contribution in [3.8, 4) is 17.3 Å². The maximum atomic E-state index is 12.2. The van der Waals surface area contributed by atoms with Gasteiger partial charge in [-0.1, -0.05) is 30.3 Å². The van der Waals surface area contributed by atoms with Crippen molar-refractivity contribution >= 4 is 17.2 Å². The molecule has 106 valence electrons. The number of likely N-dealkylation sites (tertiary alicyclic amines) is 1. The highest BCUT2D eigenvalue weighted by molar-refractivity contribution is 7.12. The molecule has 3 rings (SSSR count). The Labute approximate surface area is 127 Å². The van der Waals surface area contributed by atoms with Gasteiger partial charge in [0.25, 0.3) is 5.91 Å². The highest BCUT2D eigenvalue weighted by atomic mass is 32.1. The van der Waals surface area contributed by atoms with Gasteiger partial charge in [0, 0.05) is 19.1 Å². The molecule has 0 radical (unpaired) electrons. The lowest BCUT2D eigenvalue weighted by molar-refractivity contribution is 0.0943. The number of carbonyl (C=O) groups excluding carboxylic acids is 1. The predicted octanol–water partition coefficient (Wildman–Crippen LogP) is 2.70. The molecule has 2 aromatic rings. The minimum absolute atomic E-state index is 0.0491. The molecule has 0 saturated carbocycles. The fourth-order valence-corrected chi connectivity index (χ4v) is 3.28. The van der Waals surface area contributed by atoms with Gasteiger partial charge >= 0.3 is 0 Å². The van der Waals surface area contributed by atoms with Crippen LogP contribution in [0.25, 0.3) is 11.1 Å². The standard InChI is InChI=1S/C16H15N3OS/c17-11-19-7-6-14(9-19)18-16(20)15-8-13(10-21-15)12-4-2-1-3-5-12/h1-5,8,10,14H,6-7,9H2,(H,18,20). The van der Waals surface area contributed by atoms with E-state index in [4.69, 9.17) is 5.26 Å². The van der Waals surface area contributed by atoms with Crippen molar-refractivity contribution in [2.24, 2.45) is 0 Å². The van der Waals surface area contributed by atoms with E-state index in [0.717, 1.165) is 24.1 Å². The molecule has 1 aromatic heterocycles. The van der Waals surface area contributed by atoms with Crippen molar-refractivity contribution in [3.05, 3.63) is 46.7 Å². The SMILES string of the molecule is N#CN1CCC(NC(=O)c2cc(-c3ccccc3)cs2)C1. The summed E-state index contributed by atoms with van der Waals surface area (Å²) in [7, 11) is 0. The molecule has 4 nitrogen and oxygen atoms in total. The largest absolute Gasteiger partial charge is 0.347 e. The van der Waals surface area contributed by atoms with E-state index in [2.05, 4.69) is 11.5 Å². The number of carbonyl (C=O) groups is 1. The summed E-state index contributed by atoms with van der Waals surface area (Å²) in [6.07, 6.45) is 2.95. The molecule has 1 atom stereocenters. The summed E-state index contributed by atoms with van der Waals surface area (Å²) in [5.74, 6) is -0.0491. The van der Waals surface area contributed by atoms with Crippen LogP contribution in [0.15, 0.2) is 41.8 Å². The van der Waals surface area contributed by atoms with Crippen LogP contribution in [0.2, 0.25) is 0 Å². The number of benzene rings is 1. The smallest absolute Gasteiger partial charge is 0.261 e. The summed E-state index contributed by atoms with van der Waals surface area (Å²) in [5.41, 5.74) is 2.18. The summed E-state index contributed by atoms with van der Waals surface area (Å²) in [4.78, 5) is 14.6. The molecule has 1 saturated heterocycles. The molecule has 0 spiro atoms. The average Bonchev–Trinajstić information content (AvgIpc) is 3.17. The lowest BCUT2D eigenvalue weighted by atomic mass is 10.1. The van der Waals surface area contributed by atoms with Gasteiger partial charge in [0.15, 0.2) is 6.19 Å². The highest BCUT2D eigenvalue weighted by Gasteiger charge is 2.23. The lowest BCUT2D eigenvalue weighted by Gasteiger charge is -2.11. The second-order valence-corrected chi connectivity index (χ2v) is 5.98. The summed E-state index contributed by atoms with van der Waals surface area (Å²) < 4.78 is 0. The molecule has 1 aromatic carbocycles. The van der Waals surface area contributed by atoms with Crippen LogP contribution in [0.3, 0.4) is 0 Å². The molecule has 2 heterocycles. The average molecular weight is 297 g/mol. The fourth-order valence-electron chi connectivity index (χ4n) is 2.46. The van der Waals surface area contributed by atoms with E-state index >= 15 is 0 Å². The van der Waals surface area contributed by atoms with Crippen molar-refractivity contribution in [1.29, 1.82) is 5.26 Å². The first kappa shape index (κ1) is 13.7. The Kier molecular flexibility index (Phi) is 3.89. The summed E-state index contributed by atoms with van der Waals surface area (Å²) in [5, 5.41) is 13.8. The molecule has 5 heteroatoms. The molecule has 1 N–H and O–H groups in total. The van der Waals surface area contributed by atoms with Gasteiger partial charge in [0.05, 0.1) is 4.88 Å². The van der Waals surface area contributed by atoms with Gasteiger partial charge in [-0.15, -0.1) is 11.3 Å². The number of amides is 1. The third-order valence-corrected chi connectivity index (χ3v) is 4.52. The Morgan fingerprint density at radius 2 is 2.14 bits per heavy atom. The van der Waals surface area contributed by atoms with Crippen molar-refractivity contribution in [2.75, 3.05) is 13.1 Å². The number of nitriles is 1. The van der Waals surface area contributed by atoms with Crippen LogP contribution in [0.5, 0.6) is 0 Å². The van der Waals surface area contributed by atoms with E-state index in [1.54, 1.807) is 4.90 Å². The van der Waals surface area contributed by atoms with E-state index < -0.39 is 0 Å². The van der Waals surface area contributed by atoms with Crippen molar-refractivity contribution in [1.82, 2.24) is 10.2 Å². The number of hydrogen-bond donors (Lipinski definition) is 1. The molecule has 1 amide bonds. The molecule has 0 bridgehead atoms. The van der Waals surface area contributed by atoms with Crippen LogP contribution in [0.4, 0.5) is 0 Å². The zero-order valence-corrected chi connectivity index (χ0v) is 12.3. The lowest BCUT2D eigenvalue weighted by Crippen LogP contribution is -2.36. The highest BCUT2D eigenvalue weighted by Crippen LogP contribution is 2.25. The van der Waals surface area contributed by atoms with Gasteiger partial charge < -0.3 is 10.2 Å². The van der Waals surface area contributed by atoms with E-state index in [9.17, 15) is 4.79 Å². The van der Waals surface area contributed by atoms with Crippen molar-refractivity contribution in [2.45, 2.75) is 12.5 Å². The quantitative estimate of drug-likeness (QED) is 0.886. The number of nitrogens with zero attached hydrogens (tertiary/aromatic N) is 2. The normalized spacial score (nSPS) is 17.5. The van der Waals surface area contributed by atoms with E-state index in [-0.39, 0.29) is 11.9 Å². The van der Waals surface area contributed by atoms with Gasteiger partial charge in [0.2, 0.25) is 0 Å². The summed E-state index contributed by atoms with van der Waals surface area (Å²) in [6, 6.07) is 12.0. The second kappa shape index (κ2) is 5.98. The van der Waals surface area contributed by atoms with E-state index in [1.165, 1.54) is 11.3 Å². The number of nitrogens with one attached hydrogen (secondary N) is 1. The number of thiophene rings is 1. The molecular weight excluding hydrogens is 282 g/mol.